The number of halogens is 2. The third-order valence-corrected chi connectivity index (χ3v) is 5.13. The molecule has 0 spiro atoms. The molecule has 128 valence electrons. The standard InChI is InChI=1S/C12H18Cl2O8/c13-3-12(10-7(16)5(21-12)2-19-10)22-11-9(18)8(17)6(14)4(1-15)20-11/h4-11,15-18H,1-3H2/t4-,5-,6+,7-,8+,9-,10+,11-,12+/m1/s1. The van der Waals surface area contributed by atoms with E-state index in [9.17, 15) is 20.4 Å². The van der Waals surface area contributed by atoms with Crippen molar-refractivity contribution in [2.24, 2.45) is 0 Å². The molecule has 0 unspecified atom stereocenters. The summed E-state index contributed by atoms with van der Waals surface area (Å²) >= 11 is 11.8. The van der Waals surface area contributed by atoms with Crippen LogP contribution in [0.2, 0.25) is 0 Å². The Bertz CT molecular complexity index is 413. The fraction of sp³-hybridized carbons (Fsp3) is 1.00. The van der Waals surface area contributed by atoms with Crippen molar-refractivity contribution < 1.29 is 39.4 Å². The molecule has 0 aromatic rings. The molecule has 0 saturated carbocycles. The van der Waals surface area contributed by atoms with Crippen LogP contribution in [0.4, 0.5) is 0 Å². The molecule has 3 heterocycles. The number of hydrogen-bond donors (Lipinski definition) is 4. The lowest BCUT2D eigenvalue weighted by molar-refractivity contribution is -0.373. The molecular formula is C12H18Cl2O8. The van der Waals surface area contributed by atoms with Crippen LogP contribution >= 0.6 is 23.2 Å². The van der Waals surface area contributed by atoms with Gasteiger partial charge >= 0.3 is 0 Å². The average molecular weight is 361 g/mol. The van der Waals surface area contributed by atoms with Gasteiger partial charge in [-0.25, -0.2) is 0 Å². The zero-order valence-corrected chi connectivity index (χ0v) is 12.9. The molecule has 10 heteroatoms. The molecule has 3 aliphatic rings. The monoisotopic (exact) mass is 360 g/mol. The lowest BCUT2D eigenvalue weighted by Crippen LogP contribution is -2.61. The Balaban J connectivity index is 1.76. The van der Waals surface area contributed by atoms with Gasteiger partial charge in [-0.2, -0.15) is 0 Å². The van der Waals surface area contributed by atoms with E-state index in [1.54, 1.807) is 0 Å². The van der Waals surface area contributed by atoms with Crippen LogP contribution in [0.3, 0.4) is 0 Å². The van der Waals surface area contributed by atoms with E-state index in [4.69, 9.17) is 42.1 Å². The van der Waals surface area contributed by atoms with E-state index in [1.807, 2.05) is 0 Å². The number of aliphatic hydroxyl groups excluding tert-OH is 4. The Morgan fingerprint density at radius 1 is 1.18 bits per heavy atom. The number of alkyl halides is 2. The first-order valence-corrected chi connectivity index (χ1v) is 7.88. The molecule has 3 rings (SSSR count). The third kappa shape index (κ3) is 2.55. The smallest absolute Gasteiger partial charge is 0.214 e. The van der Waals surface area contributed by atoms with Crippen LogP contribution in [0.1, 0.15) is 0 Å². The molecule has 2 bridgehead atoms. The summed E-state index contributed by atoms with van der Waals surface area (Å²) in [5, 5.41) is 38.2. The maximum atomic E-state index is 10.1. The molecule has 0 radical (unpaired) electrons. The largest absolute Gasteiger partial charge is 0.394 e. The number of aliphatic hydroxyl groups is 4. The predicted octanol–water partition coefficient (Wildman–Crippen LogP) is -1.86. The Hall–Kier alpha value is 0.260. The van der Waals surface area contributed by atoms with Gasteiger partial charge in [0.2, 0.25) is 5.79 Å². The predicted molar refractivity (Wildman–Crippen MR) is 72.6 cm³/mol. The summed E-state index contributed by atoms with van der Waals surface area (Å²) in [5.41, 5.74) is 0. The van der Waals surface area contributed by atoms with E-state index in [2.05, 4.69) is 0 Å². The maximum Gasteiger partial charge on any atom is 0.214 e. The van der Waals surface area contributed by atoms with Crippen LogP contribution in [0, 0.1) is 0 Å². The van der Waals surface area contributed by atoms with Gasteiger partial charge in [0.25, 0.3) is 0 Å². The molecule has 8 nitrogen and oxygen atoms in total. The Morgan fingerprint density at radius 2 is 1.91 bits per heavy atom. The first-order valence-electron chi connectivity index (χ1n) is 6.91. The highest BCUT2D eigenvalue weighted by atomic mass is 35.5. The summed E-state index contributed by atoms with van der Waals surface area (Å²) in [4.78, 5) is 0. The molecule has 22 heavy (non-hydrogen) atoms. The van der Waals surface area contributed by atoms with Crippen molar-refractivity contribution in [2.75, 3.05) is 19.1 Å². The van der Waals surface area contributed by atoms with Gasteiger partial charge in [-0.05, 0) is 0 Å². The second-order valence-electron chi connectivity index (χ2n) is 5.62. The van der Waals surface area contributed by atoms with Crippen molar-refractivity contribution in [3.8, 4) is 0 Å². The third-order valence-electron chi connectivity index (χ3n) is 4.22. The van der Waals surface area contributed by atoms with Gasteiger partial charge in [0.1, 0.15) is 36.6 Å². The molecule has 4 N–H and O–H groups in total. The van der Waals surface area contributed by atoms with E-state index >= 15 is 0 Å². The van der Waals surface area contributed by atoms with Crippen LogP contribution < -0.4 is 0 Å². The first-order chi connectivity index (χ1) is 10.4. The summed E-state index contributed by atoms with van der Waals surface area (Å²) in [6.45, 7) is -0.245. The second-order valence-corrected chi connectivity index (χ2v) is 6.39. The minimum absolute atomic E-state index is 0.179. The fourth-order valence-corrected chi connectivity index (χ4v) is 3.54. The Labute approximate surface area is 136 Å². The molecule has 0 aliphatic carbocycles. The van der Waals surface area contributed by atoms with Gasteiger partial charge in [-0.3, -0.25) is 0 Å². The van der Waals surface area contributed by atoms with E-state index in [0.717, 1.165) is 0 Å². The zero-order valence-electron chi connectivity index (χ0n) is 11.4. The topological polar surface area (TPSA) is 118 Å². The van der Waals surface area contributed by atoms with Crippen LogP contribution in [-0.4, -0.2) is 93.6 Å². The van der Waals surface area contributed by atoms with E-state index in [0.29, 0.717) is 0 Å². The Kier molecular flexibility index (Phi) is 4.88. The van der Waals surface area contributed by atoms with Crippen molar-refractivity contribution in [1.29, 1.82) is 0 Å². The van der Waals surface area contributed by atoms with Crippen molar-refractivity contribution in [3.63, 3.8) is 0 Å². The second kappa shape index (κ2) is 6.29. The number of ether oxygens (including phenoxy) is 4. The highest BCUT2D eigenvalue weighted by Gasteiger charge is 2.62. The number of rotatable bonds is 4. The molecule has 9 atom stereocenters. The zero-order chi connectivity index (χ0) is 16.1. The van der Waals surface area contributed by atoms with Gasteiger partial charge < -0.3 is 39.4 Å². The molecule has 0 aromatic carbocycles. The quantitative estimate of drug-likeness (QED) is 0.431. The van der Waals surface area contributed by atoms with Gasteiger partial charge in [0.05, 0.1) is 24.5 Å². The minimum atomic E-state index is -1.51. The van der Waals surface area contributed by atoms with Crippen molar-refractivity contribution in [1.82, 2.24) is 0 Å². The highest BCUT2D eigenvalue weighted by molar-refractivity contribution is 6.21. The van der Waals surface area contributed by atoms with Gasteiger partial charge in [-0.1, -0.05) is 0 Å². The molecular weight excluding hydrogens is 343 g/mol. The maximum absolute atomic E-state index is 10.1. The SMILES string of the molecule is OC[C@H]1O[C@H](O[C@]2(CCl)O[C@@H]3CO[C@H]2[C@@H]3O)[C@H](O)[C@@H](O)[C@H]1Cl. The lowest BCUT2D eigenvalue weighted by Gasteiger charge is -2.44. The normalized spacial score (nSPS) is 54.8. The van der Waals surface area contributed by atoms with Crippen LogP contribution in [0.5, 0.6) is 0 Å². The minimum Gasteiger partial charge on any atom is -0.394 e. The molecule has 3 aliphatic heterocycles. The van der Waals surface area contributed by atoms with Crippen molar-refractivity contribution in [3.05, 3.63) is 0 Å². The van der Waals surface area contributed by atoms with Crippen LogP contribution in [-0.2, 0) is 18.9 Å². The lowest BCUT2D eigenvalue weighted by atomic mass is 10.0. The first kappa shape index (κ1) is 17.1. The number of fused-ring (bicyclic) bond motifs is 2. The van der Waals surface area contributed by atoms with Crippen LogP contribution in [0.25, 0.3) is 0 Å². The van der Waals surface area contributed by atoms with Gasteiger partial charge in [-0.15, -0.1) is 23.2 Å². The van der Waals surface area contributed by atoms with Gasteiger partial charge in [0, 0.05) is 0 Å². The fourth-order valence-electron chi connectivity index (χ4n) is 2.97. The van der Waals surface area contributed by atoms with Gasteiger partial charge in [0.15, 0.2) is 6.29 Å². The summed E-state index contributed by atoms with van der Waals surface area (Å²) < 4.78 is 22.0. The number of hydrogen-bond acceptors (Lipinski definition) is 8. The highest BCUT2D eigenvalue weighted by Crippen LogP contribution is 2.42. The molecule has 0 amide bonds. The summed E-state index contributed by atoms with van der Waals surface area (Å²) in [5.74, 6) is -1.68. The summed E-state index contributed by atoms with van der Waals surface area (Å²) in [6, 6.07) is 0. The molecule has 0 aromatic heterocycles. The summed E-state index contributed by atoms with van der Waals surface area (Å²) in [7, 11) is 0. The average Bonchev–Trinajstić information content (AvgIpc) is 3.01. The summed E-state index contributed by atoms with van der Waals surface area (Å²) in [6.07, 6.45) is -7.41. The van der Waals surface area contributed by atoms with E-state index in [-0.39, 0.29) is 12.5 Å². The van der Waals surface area contributed by atoms with Crippen LogP contribution in [0.15, 0.2) is 0 Å². The van der Waals surface area contributed by atoms with Crippen molar-refractivity contribution in [2.45, 2.75) is 54.1 Å². The van der Waals surface area contributed by atoms with E-state index < -0.39 is 60.7 Å². The van der Waals surface area contributed by atoms with E-state index in [1.165, 1.54) is 0 Å². The molecule has 3 saturated heterocycles. The Morgan fingerprint density at radius 3 is 2.41 bits per heavy atom. The molecule has 3 fully saturated rings. The van der Waals surface area contributed by atoms with Crippen molar-refractivity contribution >= 4 is 23.2 Å².